The van der Waals surface area contributed by atoms with Gasteiger partial charge < -0.3 is 10.4 Å². The van der Waals surface area contributed by atoms with Crippen LogP contribution in [0.2, 0.25) is 0 Å². The Morgan fingerprint density at radius 1 is 1.71 bits per heavy atom. The number of carbonyl (C=O) groups is 1. The highest BCUT2D eigenvalue weighted by atomic mass is 32.1. The van der Waals surface area contributed by atoms with Gasteiger partial charge in [0, 0.05) is 11.4 Å². The molecule has 2 N–H and O–H groups in total. The number of aliphatic carboxylic acids is 1. The zero-order chi connectivity index (χ0) is 10.4. The molecule has 1 aromatic rings. The Balaban J connectivity index is 2.31. The van der Waals surface area contributed by atoms with E-state index in [0.29, 0.717) is 6.54 Å². The number of hydrogen-bond donors (Lipinski definition) is 2. The molecule has 0 fully saturated rings. The van der Waals surface area contributed by atoms with Crippen molar-refractivity contribution in [3.05, 3.63) is 28.5 Å². The number of hydrogen-bond acceptors (Lipinski definition) is 3. The molecular formula is C10H13NO2S. The van der Waals surface area contributed by atoms with Gasteiger partial charge in [-0.1, -0.05) is 12.7 Å². The van der Waals surface area contributed by atoms with Gasteiger partial charge in [-0.3, -0.25) is 4.79 Å². The minimum Gasteiger partial charge on any atom is -0.480 e. The lowest BCUT2D eigenvalue weighted by atomic mass is 10.2. The highest BCUT2D eigenvalue weighted by Gasteiger charge is 2.01. The summed E-state index contributed by atoms with van der Waals surface area (Å²) in [5.74, 6) is -0.819. The van der Waals surface area contributed by atoms with Crippen LogP contribution in [0.1, 0.15) is 10.4 Å². The third-order valence-corrected chi connectivity index (χ3v) is 2.80. The summed E-state index contributed by atoms with van der Waals surface area (Å²) in [6, 6.07) is 2.02. The standard InChI is InChI=1S/C10H13NO2S/c1-2-8-4-6-14-9(8)3-5-11-7-10(12)13/h2,4,6,11H,1,3,5,7H2,(H,12,13). The topological polar surface area (TPSA) is 49.3 Å². The summed E-state index contributed by atoms with van der Waals surface area (Å²) in [5, 5.41) is 13.3. The normalized spacial score (nSPS) is 10.0. The molecule has 14 heavy (non-hydrogen) atoms. The predicted octanol–water partition coefficient (Wildman–Crippen LogP) is 1.61. The van der Waals surface area contributed by atoms with Gasteiger partial charge in [-0.2, -0.15) is 0 Å². The molecule has 1 aromatic heterocycles. The van der Waals surface area contributed by atoms with Gasteiger partial charge in [-0.05, 0) is 23.4 Å². The van der Waals surface area contributed by atoms with E-state index in [-0.39, 0.29) is 6.54 Å². The first-order valence-corrected chi connectivity index (χ1v) is 5.23. The first-order valence-electron chi connectivity index (χ1n) is 4.35. The lowest BCUT2D eigenvalue weighted by Crippen LogP contribution is -2.24. The van der Waals surface area contributed by atoms with E-state index in [0.717, 1.165) is 12.0 Å². The quantitative estimate of drug-likeness (QED) is 0.703. The molecule has 0 atom stereocenters. The fraction of sp³-hybridized carbons (Fsp3) is 0.300. The van der Waals surface area contributed by atoms with Crippen LogP contribution in [0.25, 0.3) is 6.08 Å². The van der Waals surface area contributed by atoms with Crippen molar-refractivity contribution in [3.8, 4) is 0 Å². The summed E-state index contributed by atoms with van der Waals surface area (Å²) in [6.07, 6.45) is 2.68. The minimum atomic E-state index is -0.819. The Bertz CT molecular complexity index is 320. The number of thiophene rings is 1. The summed E-state index contributed by atoms with van der Waals surface area (Å²) in [4.78, 5) is 11.5. The fourth-order valence-electron chi connectivity index (χ4n) is 1.13. The van der Waals surface area contributed by atoms with Crippen LogP contribution in [0.15, 0.2) is 18.0 Å². The van der Waals surface area contributed by atoms with Gasteiger partial charge in [0.05, 0.1) is 6.54 Å². The summed E-state index contributed by atoms with van der Waals surface area (Å²) < 4.78 is 0. The third-order valence-electron chi connectivity index (χ3n) is 1.80. The van der Waals surface area contributed by atoms with Gasteiger partial charge in [-0.15, -0.1) is 11.3 Å². The molecule has 1 heterocycles. The smallest absolute Gasteiger partial charge is 0.317 e. The van der Waals surface area contributed by atoms with Crippen LogP contribution >= 0.6 is 11.3 Å². The van der Waals surface area contributed by atoms with Gasteiger partial charge >= 0.3 is 5.97 Å². The summed E-state index contributed by atoms with van der Waals surface area (Å²) >= 11 is 1.67. The Hall–Kier alpha value is -1.13. The first-order chi connectivity index (χ1) is 6.74. The highest BCUT2D eigenvalue weighted by molar-refractivity contribution is 7.10. The van der Waals surface area contributed by atoms with E-state index >= 15 is 0 Å². The summed E-state index contributed by atoms with van der Waals surface area (Å²) in [6.45, 7) is 4.42. The highest BCUT2D eigenvalue weighted by Crippen LogP contribution is 2.17. The number of carboxylic acid groups (broad SMARTS) is 1. The van der Waals surface area contributed by atoms with Crippen molar-refractivity contribution in [2.45, 2.75) is 6.42 Å². The van der Waals surface area contributed by atoms with Crippen molar-refractivity contribution < 1.29 is 9.90 Å². The Labute approximate surface area is 87.1 Å². The molecule has 0 unspecified atom stereocenters. The molecule has 0 amide bonds. The van der Waals surface area contributed by atoms with Crippen molar-refractivity contribution in [1.29, 1.82) is 0 Å². The lowest BCUT2D eigenvalue weighted by Gasteiger charge is -2.00. The van der Waals surface area contributed by atoms with Crippen LogP contribution in [0.4, 0.5) is 0 Å². The van der Waals surface area contributed by atoms with Gasteiger partial charge in [-0.25, -0.2) is 0 Å². The molecule has 3 nitrogen and oxygen atoms in total. The van der Waals surface area contributed by atoms with Crippen LogP contribution in [0.5, 0.6) is 0 Å². The summed E-state index contributed by atoms with van der Waals surface area (Å²) in [7, 11) is 0. The van der Waals surface area contributed by atoms with Gasteiger partial charge in [0.25, 0.3) is 0 Å². The Morgan fingerprint density at radius 2 is 2.50 bits per heavy atom. The molecule has 0 aliphatic carbocycles. The van der Waals surface area contributed by atoms with Crippen molar-refractivity contribution in [3.63, 3.8) is 0 Å². The van der Waals surface area contributed by atoms with Crippen LogP contribution in [0, 0.1) is 0 Å². The Morgan fingerprint density at radius 3 is 3.14 bits per heavy atom. The molecule has 0 aliphatic heterocycles. The molecule has 0 saturated carbocycles. The van der Waals surface area contributed by atoms with E-state index in [1.807, 2.05) is 17.5 Å². The largest absolute Gasteiger partial charge is 0.480 e. The van der Waals surface area contributed by atoms with Crippen LogP contribution in [-0.4, -0.2) is 24.2 Å². The molecular weight excluding hydrogens is 198 g/mol. The van der Waals surface area contributed by atoms with E-state index in [4.69, 9.17) is 5.11 Å². The van der Waals surface area contributed by atoms with Gasteiger partial charge in [0.2, 0.25) is 0 Å². The summed E-state index contributed by atoms with van der Waals surface area (Å²) in [5.41, 5.74) is 1.15. The van der Waals surface area contributed by atoms with E-state index in [2.05, 4.69) is 11.9 Å². The maximum absolute atomic E-state index is 10.2. The average Bonchev–Trinajstić information content (AvgIpc) is 2.59. The van der Waals surface area contributed by atoms with E-state index in [1.165, 1.54) is 4.88 Å². The van der Waals surface area contributed by atoms with Crippen LogP contribution in [-0.2, 0) is 11.2 Å². The van der Waals surface area contributed by atoms with Crippen LogP contribution in [0.3, 0.4) is 0 Å². The van der Waals surface area contributed by atoms with Crippen LogP contribution < -0.4 is 5.32 Å². The predicted molar refractivity (Wildman–Crippen MR) is 58.6 cm³/mol. The van der Waals surface area contributed by atoms with Crippen molar-refractivity contribution >= 4 is 23.4 Å². The van der Waals surface area contributed by atoms with E-state index < -0.39 is 5.97 Å². The van der Waals surface area contributed by atoms with Crippen molar-refractivity contribution in [1.82, 2.24) is 5.32 Å². The molecule has 4 heteroatoms. The van der Waals surface area contributed by atoms with Gasteiger partial charge in [0.15, 0.2) is 0 Å². The molecule has 76 valence electrons. The maximum Gasteiger partial charge on any atom is 0.317 e. The fourth-order valence-corrected chi connectivity index (χ4v) is 2.02. The third kappa shape index (κ3) is 3.32. The Kier molecular flexibility index (Phi) is 4.35. The SMILES string of the molecule is C=Cc1ccsc1CCNCC(=O)O. The number of rotatable bonds is 6. The minimum absolute atomic E-state index is 0.0226. The molecule has 0 bridgehead atoms. The van der Waals surface area contributed by atoms with E-state index in [1.54, 1.807) is 11.3 Å². The molecule has 0 aliphatic rings. The van der Waals surface area contributed by atoms with Crippen molar-refractivity contribution in [2.75, 3.05) is 13.1 Å². The van der Waals surface area contributed by atoms with E-state index in [9.17, 15) is 4.79 Å². The molecule has 0 radical (unpaired) electrons. The number of carboxylic acids is 1. The molecule has 0 spiro atoms. The zero-order valence-corrected chi connectivity index (χ0v) is 8.64. The first kappa shape index (κ1) is 10.9. The monoisotopic (exact) mass is 211 g/mol. The van der Waals surface area contributed by atoms with Crippen molar-refractivity contribution in [2.24, 2.45) is 0 Å². The zero-order valence-electron chi connectivity index (χ0n) is 7.82. The molecule has 0 aromatic carbocycles. The number of nitrogens with one attached hydrogen (secondary N) is 1. The second-order valence-corrected chi connectivity index (χ2v) is 3.82. The molecule has 1 rings (SSSR count). The molecule has 0 saturated heterocycles. The average molecular weight is 211 g/mol. The maximum atomic E-state index is 10.2. The second-order valence-electron chi connectivity index (χ2n) is 2.82. The lowest BCUT2D eigenvalue weighted by molar-refractivity contribution is -0.135. The second kappa shape index (κ2) is 5.57. The van der Waals surface area contributed by atoms with Gasteiger partial charge in [0.1, 0.15) is 0 Å².